The molecule has 1 aromatic carbocycles. The second kappa shape index (κ2) is 8.79. The van der Waals surface area contributed by atoms with Gasteiger partial charge in [-0.1, -0.05) is 36.9 Å². The minimum Gasteiger partial charge on any atom is -0.352 e. The summed E-state index contributed by atoms with van der Waals surface area (Å²) < 4.78 is 28.9. The summed E-state index contributed by atoms with van der Waals surface area (Å²) in [6, 6.07) is 9.77. The molecule has 0 spiro atoms. The molecule has 1 aromatic rings. The summed E-state index contributed by atoms with van der Waals surface area (Å²) in [6.07, 6.45) is 0.0945. The van der Waals surface area contributed by atoms with Gasteiger partial charge in [0.15, 0.2) is 18.9 Å². The van der Waals surface area contributed by atoms with Crippen LogP contribution in [0.3, 0.4) is 0 Å². The zero-order chi connectivity index (χ0) is 18.6. The predicted molar refractivity (Wildman–Crippen MR) is 94.4 cm³/mol. The largest absolute Gasteiger partial charge is 0.352 e. The normalized spacial score (nSPS) is 37.0. The summed E-state index contributed by atoms with van der Waals surface area (Å²) in [5.41, 5.74) is 1.55. The van der Waals surface area contributed by atoms with E-state index in [2.05, 4.69) is 6.58 Å². The third kappa shape index (κ3) is 4.25. The quantitative estimate of drug-likeness (QED) is 0.443. The van der Waals surface area contributed by atoms with Crippen LogP contribution in [0.2, 0.25) is 0 Å². The molecule has 4 rings (SSSR count). The first-order chi connectivity index (χ1) is 13.3. The summed E-state index contributed by atoms with van der Waals surface area (Å²) in [5.74, 6) is 0. The molecule has 0 radical (unpaired) electrons. The van der Waals surface area contributed by atoms with Crippen LogP contribution in [0, 0.1) is 0 Å². The Hall–Kier alpha value is -1.32. The second-order valence-corrected chi connectivity index (χ2v) is 6.90. The molecule has 27 heavy (non-hydrogen) atoms. The lowest BCUT2D eigenvalue weighted by Gasteiger charge is -2.45. The predicted octanol–water partition coefficient (Wildman–Crippen LogP) is 2.87. The van der Waals surface area contributed by atoms with Crippen LogP contribution < -0.4 is 0 Å². The highest BCUT2D eigenvalue weighted by molar-refractivity contribution is 5.18. The smallest absolute Gasteiger partial charge is 0.191 e. The standard InChI is InChI=1S/C20H26O7/c1-13-17(27-26-16-10-6-7-11-22-16)18-15(24-19(13)21-2)12-23-20(25-18)14-8-4-3-5-9-14/h3-5,8-9,15-20H,1,6-7,10-12H2,2H3/t15-,16?,17-,18-,19+,20?/m1/s1. The second-order valence-electron chi connectivity index (χ2n) is 6.90. The van der Waals surface area contributed by atoms with E-state index in [1.165, 1.54) is 0 Å². The third-order valence-corrected chi connectivity index (χ3v) is 5.01. The van der Waals surface area contributed by atoms with Crippen LogP contribution in [0.25, 0.3) is 0 Å². The van der Waals surface area contributed by atoms with Crippen molar-refractivity contribution in [3.05, 3.63) is 48.0 Å². The molecule has 0 aromatic heterocycles. The fraction of sp³-hybridized carbons (Fsp3) is 0.600. The lowest BCUT2D eigenvalue weighted by Crippen LogP contribution is -2.57. The van der Waals surface area contributed by atoms with Crippen molar-refractivity contribution in [3.63, 3.8) is 0 Å². The van der Waals surface area contributed by atoms with Crippen LogP contribution in [-0.4, -0.2) is 51.2 Å². The van der Waals surface area contributed by atoms with Crippen molar-refractivity contribution in [2.24, 2.45) is 0 Å². The number of fused-ring (bicyclic) bond motifs is 1. The number of hydrogen-bond donors (Lipinski definition) is 0. The average molecular weight is 378 g/mol. The van der Waals surface area contributed by atoms with Crippen molar-refractivity contribution in [2.75, 3.05) is 20.3 Å². The molecule has 3 aliphatic rings. The van der Waals surface area contributed by atoms with Crippen molar-refractivity contribution >= 4 is 0 Å². The van der Waals surface area contributed by atoms with Crippen molar-refractivity contribution in [1.29, 1.82) is 0 Å². The summed E-state index contributed by atoms with van der Waals surface area (Å²) >= 11 is 0. The number of rotatable bonds is 5. The summed E-state index contributed by atoms with van der Waals surface area (Å²) in [6.45, 7) is 5.12. The Morgan fingerprint density at radius 3 is 2.63 bits per heavy atom. The van der Waals surface area contributed by atoms with Gasteiger partial charge in [-0.25, -0.2) is 9.78 Å². The van der Waals surface area contributed by atoms with Gasteiger partial charge in [-0.05, 0) is 12.8 Å². The highest BCUT2D eigenvalue weighted by Crippen LogP contribution is 2.37. The number of hydrogen-bond acceptors (Lipinski definition) is 7. The monoisotopic (exact) mass is 378 g/mol. The van der Waals surface area contributed by atoms with Crippen molar-refractivity contribution in [3.8, 4) is 0 Å². The van der Waals surface area contributed by atoms with E-state index in [4.69, 9.17) is 33.5 Å². The van der Waals surface area contributed by atoms with Gasteiger partial charge in [-0.15, -0.1) is 0 Å². The van der Waals surface area contributed by atoms with E-state index in [9.17, 15) is 0 Å². The van der Waals surface area contributed by atoms with Gasteiger partial charge in [0.2, 0.25) is 0 Å². The van der Waals surface area contributed by atoms with Crippen molar-refractivity contribution < 1.29 is 33.5 Å². The van der Waals surface area contributed by atoms with Crippen LogP contribution >= 0.6 is 0 Å². The van der Waals surface area contributed by atoms with Gasteiger partial charge in [-0.3, -0.25) is 0 Å². The highest BCUT2D eigenvalue weighted by Gasteiger charge is 2.48. The fourth-order valence-corrected chi connectivity index (χ4v) is 3.54. The van der Waals surface area contributed by atoms with E-state index in [1.807, 2.05) is 30.3 Å². The summed E-state index contributed by atoms with van der Waals surface area (Å²) in [4.78, 5) is 11.3. The summed E-state index contributed by atoms with van der Waals surface area (Å²) in [5, 5.41) is 0. The molecule has 0 saturated carbocycles. The van der Waals surface area contributed by atoms with Crippen LogP contribution in [0.4, 0.5) is 0 Å². The molecule has 2 unspecified atom stereocenters. The molecule has 0 amide bonds. The van der Waals surface area contributed by atoms with Crippen LogP contribution in [-0.2, 0) is 33.5 Å². The van der Waals surface area contributed by atoms with Crippen LogP contribution in [0.15, 0.2) is 42.5 Å². The number of methoxy groups -OCH3 is 1. The van der Waals surface area contributed by atoms with E-state index < -0.39 is 24.8 Å². The molecule has 6 atom stereocenters. The molecular formula is C20H26O7. The zero-order valence-corrected chi connectivity index (χ0v) is 15.5. The molecule has 3 saturated heterocycles. The Labute approximate surface area is 159 Å². The average Bonchev–Trinajstić information content (AvgIpc) is 2.74. The zero-order valence-electron chi connectivity index (χ0n) is 15.5. The SMILES string of the molecule is C=C1[C@@H](OC)O[C@@H]2COC(c3ccccc3)O[C@H]2[C@@H]1OOC1CCCCO1. The highest BCUT2D eigenvalue weighted by atomic mass is 17.2. The maximum atomic E-state index is 6.18. The minimum absolute atomic E-state index is 0.346. The Morgan fingerprint density at radius 2 is 1.89 bits per heavy atom. The molecule has 0 aliphatic carbocycles. The Bertz CT molecular complexity index is 616. The molecular weight excluding hydrogens is 352 g/mol. The molecule has 0 bridgehead atoms. The first-order valence-corrected chi connectivity index (χ1v) is 9.39. The van der Waals surface area contributed by atoms with Gasteiger partial charge in [0.1, 0.15) is 18.3 Å². The maximum Gasteiger partial charge on any atom is 0.191 e. The Morgan fingerprint density at radius 1 is 1.04 bits per heavy atom. The minimum atomic E-state index is -0.604. The van der Waals surface area contributed by atoms with Gasteiger partial charge < -0.3 is 23.7 Å². The van der Waals surface area contributed by atoms with Gasteiger partial charge in [0, 0.05) is 31.3 Å². The van der Waals surface area contributed by atoms with E-state index in [0.29, 0.717) is 18.8 Å². The van der Waals surface area contributed by atoms with E-state index in [0.717, 1.165) is 24.8 Å². The van der Waals surface area contributed by atoms with Crippen molar-refractivity contribution in [1.82, 2.24) is 0 Å². The molecule has 3 aliphatic heterocycles. The lowest BCUT2D eigenvalue weighted by molar-refractivity contribution is -0.430. The van der Waals surface area contributed by atoms with Gasteiger partial charge in [0.25, 0.3) is 0 Å². The summed E-state index contributed by atoms with van der Waals surface area (Å²) in [7, 11) is 1.57. The lowest BCUT2D eigenvalue weighted by atomic mass is 9.96. The van der Waals surface area contributed by atoms with E-state index in [-0.39, 0.29) is 12.4 Å². The van der Waals surface area contributed by atoms with Crippen molar-refractivity contribution in [2.45, 2.75) is 56.4 Å². The number of benzene rings is 1. The fourth-order valence-electron chi connectivity index (χ4n) is 3.54. The van der Waals surface area contributed by atoms with Crippen LogP contribution in [0.5, 0.6) is 0 Å². The van der Waals surface area contributed by atoms with Gasteiger partial charge in [0.05, 0.1) is 6.61 Å². The topological polar surface area (TPSA) is 64.6 Å². The molecule has 0 N–H and O–H groups in total. The number of ether oxygens (including phenoxy) is 5. The van der Waals surface area contributed by atoms with Crippen LogP contribution in [0.1, 0.15) is 31.1 Å². The molecule has 3 fully saturated rings. The molecule has 148 valence electrons. The maximum absolute atomic E-state index is 6.18. The first kappa shape index (κ1) is 19.0. The first-order valence-electron chi connectivity index (χ1n) is 9.39. The van der Waals surface area contributed by atoms with Gasteiger partial charge >= 0.3 is 0 Å². The van der Waals surface area contributed by atoms with E-state index in [1.54, 1.807) is 7.11 Å². The molecule has 3 heterocycles. The molecule has 7 nitrogen and oxygen atoms in total. The Balaban J connectivity index is 1.47. The molecule has 7 heteroatoms. The van der Waals surface area contributed by atoms with Gasteiger partial charge in [-0.2, -0.15) is 0 Å². The third-order valence-electron chi connectivity index (χ3n) is 5.01. The Kier molecular flexibility index (Phi) is 6.19. The van der Waals surface area contributed by atoms with E-state index >= 15 is 0 Å².